The molecule has 1 heterocycles. The number of hydrogen-bond acceptors (Lipinski definition) is 5. The topological polar surface area (TPSA) is 92.8 Å². The van der Waals surface area contributed by atoms with Crippen molar-refractivity contribution < 1.29 is 22.7 Å². The lowest BCUT2D eigenvalue weighted by Gasteiger charge is -2.20. The van der Waals surface area contributed by atoms with Crippen molar-refractivity contribution in [3.8, 4) is 0 Å². The zero-order chi connectivity index (χ0) is 22.4. The number of carbonyl (C=O) groups is 2. The molecule has 0 spiro atoms. The zero-order valence-corrected chi connectivity index (χ0v) is 18.7. The Kier molecular flexibility index (Phi) is 7.46. The predicted octanol–water partition coefficient (Wildman–Crippen LogP) is 3.66. The van der Waals surface area contributed by atoms with Crippen LogP contribution in [0.5, 0.6) is 0 Å². The highest BCUT2D eigenvalue weighted by atomic mass is 32.2. The van der Waals surface area contributed by atoms with E-state index in [9.17, 15) is 18.0 Å². The molecule has 1 N–H and O–H groups in total. The van der Waals surface area contributed by atoms with Crippen LogP contribution in [0.2, 0.25) is 0 Å². The molecule has 0 aromatic heterocycles. The first-order chi connectivity index (χ1) is 14.8. The SMILES string of the molecule is Cc1ccc(NC(=O)COC(=O)c2ccc(S(=O)(=O)N3CCCCCC3)cc2)cc1C. The van der Waals surface area contributed by atoms with E-state index in [0.29, 0.717) is 18.8 Å². The molecule has 8 heteroatoms. The normalized spacial score (nSPS) is 15.2. The van der Waals surface area contributed by atoms with Crippen LogP contribution < -0.4 is 5.32 Å². The number of rotatable bonds is 6. The van der Waals surface area contributed by atoms with Crippen LogP contribution in [0.15, 0.2) is 47.4 Å². The van der Waals surface area contributed by atoms with Crippen LogP contribution in [0.1, 0.15) is 47.2 Å². The van der Waals surface area contributed by atoms with E-state index in [1.807, 2.05) is 26.0 Å². The Bertz CT molecular complexity index is 1040. The number of anilines is 1. The number of hydrogen-bond donors (Lipinski definition) is 1. The lowest BCUT2D eigenvalue weighted by molar-refractivity contribution is -0.119. The van der Waals surface area contributed by atoms with E-state index in [1.54, 1.807) is 6.07 Å². The van der Waals surface area contributed by atoms with Crippen molar-refractivity contribution in [1.82, 2.24) is 4.31 Å². The molecule has 1 amide bonds. The molecule has 0 saturated carbocycles. The number of amides is 1. The van der Waals surface area contributed by atoms with Gasteiger partial charge in [-0.15, -0.1) is 0 Å². The lowest BCUT2D eigenvalue weighted by Crippen LogP contribution is -2.31. The maximum absolute atomic E-state index is 12.8. The van der Waals surface area contributed by atoms with Gasteiger partial charge < -0.3 is 10.1 Å². The van der Waals surface area contributed by atoms with Crippen molar-refractivity contribution in [2.45, 2.75) is 44.4 Å². The van der Waals surface area contributed by atoms with E-state index in [1.165, 1.54) is 28.6 Å². The van der Waals surface area contributed by atoms with Crippen LogP contribution in [-0.2, 0) is 19.6 Å². The van der Waals surface area contributed by atoms with Crippen molar-refractivity contribution in [3.05, 3.63) is 59.2 Å². The summed E-state index contributed by atoms with van der Waals surface area (Å²) in [5, 5.41) is 2.69. The van der Waals surface area contributed by atoms with E-state index >= 15 is 0 Å². The zero-order valence-electron chi connectivity index (χ0n) is 17.9. The summed E-state index contributed by atoms with van der Waals surface area (Å²) in [6.45, 7) is 4.53. The number of aryl methyl sites for hydroxylation is 2. The standard InChI is InChI=1S/C23H28N2O5S/c1-17-7-10-20(15-18(17)2)24-22(26)16-30-23(27)19-8-11-21(12-9-19)31(28,29)25-13-5-3-4-6-14-25/h7-12,15H,3-6,13-14,16H2,1-2H3,(H,24,26). The third-order valence-corrected chi connectivity index (χ3v) is 7.33. The molecule has 0 radical (unpaired) electrons. The number of ether oxygens (including phenoxy) is 1. The second kappa shape index (κ2) is 10.1. The van der Waals surface area contributed by atoms with E-state index in [-0.39, 0.29) is 10.5 Å². The van der Waals surface area contributed by atoms with Gasteiger partial charge in [0, 0.05) is 18.8 Å². The first-order valence-corrected chi connectivity index (χ1v) is 11.9. The Balaban J connectivity index is 1.57. The summed E-state index contributed by atoms with van der Waals surface area (Å²) < 4.78 is 32.2. The van der Waals surface area contributed by atoms with Crippen LogP contribution in [0.3, 0.4) is 0 Å². The molecule has 1 aliphatic rings. The van der Waals surface area contributed by atoms with Crippen molar-refractivity contribution in [2.24, 2.45) is 0 Å². The molecule has 2 aromatic carbocycles. The maximum Gasteiger partial charge on any atom is 0.338 e. The molecular formula is C23H28N2O5S. The summed E-state index contributed by atoms with van der Waals surface area (Å²) in [4.78, 5) is 24.5. The van der Waals surface area contributed by atoms with Crippen molar-refractivity contribution in [2.75, 3.05) is 25.0 Å². The van der Waals surface area contributed by atoms with Gasteiger partial charge in [0.05, 0.1) is 10.5 Å². The van der Waals surface area contributed by atoms with Gasteiger partial charge >= 0.3 is 5.97 Å². The fourth-order valence-electron chi connectivity index (χ4n) is 3.42. The largest absolute Gasteiger partial charge is 0.452 e. The van der Waals surface area contributed by atoms with Gasteiger partial charge in [-0.25, -0.2) is 13.2 Å². The number of carbonyl (C=O) groups excluding carboxylic acids is 2. The van der Waals surface area contributed by atoms with Crippen LogP contribution in [0, 0.1) is 13.8 Å². The number of benzene rings is 2. The first-order valence-electron chi connectivity index (χ1n) is 10.4. The molecule has 1 fully saturated rings. The second-order valence-electron chi connectivity index (χ2n) is 7.77. The third kappa shape index (κ3) is 5.92. The van der Waals surface area contributed by atoms with Gasteiger partial charge in [0.2, 0.25) is 10.0 Å². The van der Waals surface area contributed by atoms with Gasteiger partial charge in [0.25, 0.3) is 5.91 Å². The fraction of sp³-hybridized carbons (Fsp3) is 0.391. The van der Waals surface area contributed by atoms with Gasteiger partial charge in [-0.2, -0.15) is 4.31 Å². The highest BCUT2D eigenvalue weighted by Gasteiger charge is 2.25. The molecule has 1 aliphatic heterocycles. The molecule has 0 bridgehead atoms. The van der Waals surface area contributed by atoms with E-state index in [4.69, 9.17) is 4.74 Å². The quantitative estimate of drug-likeness (QED) is 0.687. The third-order valence-electron chi connectivity index (χ3n) is 5.42. The lowest BCUT2D eigenvalue weighted by atomic mass is 10.1. The summed E-state index contributed by atoms with van der Waals surface area (Å²) in [7, 11) is -3.58. The first kappa shape index (κ1) is 23.0. The Morgan fingerprint density at radius 2 is 1.58 bits per heavy atom. The van der Waals surface area contributed by atoms with E-state index < -0.39 is 28.5 Å². The summed E-state index contributed by atoms with van der Waals surface area (Å²) >= 11 is 0. The Labute approximate surface area is 183 Å². The Morgan fingerprint density at radius 1 is 0.935 bits per heavy atom. The minimum Gasteiger partial charge on any atom is -0.452 e. The average molecular weight is 445 g/mol. The van der Waals surface area contributed by atoms with Crippen LogP contribution in [0.25, 0.3) is 0 Å². The number of esters is 1. The summed E-state index contributed by atoms with van der Waals surface area (Å²) in [5.74, 6) is -1.13. The number of nitrogens with zero attached hydrogens (tertiary/aromatic N) is 1. The minimum absolute atomic E-state index is 0.151. The summed E-state index contributed by atoms with van der Waals surface area (Å²) in [6, 6.07) is 11.2. The average Bonchev–Trinajstić information content (AvgIpc) is 3.05. The minimum atomic E-state index is -3.58. The maximum atomic E-state index is 12.8. The molecule has 166 valence electrons. The molecular weight excluding hydrogens is 416 g/mol. The number of nitrogens with one attached hydrogen (secondary N) is 1. The molecule has 0 atom stereocenters. The van der Waals surface area contributed by atoms with Crippen LogP contribution in [0.4, 0.5) is 5.69 Å². The van der Waals surface area contributed by atoms with Gasteiger partial charge in [-0.3, -0.25) is 4.79 Å². The molecule has 0 unspecified atom stereocenters. The predicted molar refractivity (Wildman–Crippen MR) is 118 cm³/mol. The van der Waals surface area contributed by atoms with Crippen molar-refractivity contribution in [3.63, 3.8) is 0 Å². The smallest absolute Gasteiger partial charge is 0.338 e. The van der Waals surface area contributed by atoms with Gasteiger partial charge in [0.15, 0.2) is 6.61 Å². The van der Waals surface area contributed by atoms with E-state index in [0.717, 1.165) is 36.8 Å². The summed E-state index contributed by atoms with van der Waals surface area (Å²) in [5.41, 5.74) is 2.98. The Morgan fingerprint density at radius 3 is 2.19 bits per heavy atom. The van der Waals surface area contributed by atoms with Crippen LogP contribution >= 0.6 is 0 Å². The highest BCUT2D eigenvalue weighted by molar-refractivity contribution is 7.89. The fourth-order valence-corrected chi connectivity index (χ4v) is 4.94. The molecule has 7 nitrogen and oxygen atoms in total. The monoisotopic (exact) mass is 444 g/mol. The van der Waals surface area contributed by atoms with Gasteiger partial charge in [0.1, 0.15) is 0 Å². The molecule has 31 heavy (non-hydrogen) atoms. The molecule has 1 saturated heterocycles. The highest BCUT2D eigenvalue weighted by Crippen LogP contribution is 2.21. The van der Waals surface area contributed by atoms with Gasteiger partial charge in [-0.1, -0.05) is 18.9 Å². The number of sulfonamides is 1. The summed E-state index contributed by atoms with van der Waals surface area (Å²) in [6.07, 6.45) is 3.78. The molecule has 3 rings (SSSR count). The van der Waals surface area contributed by atoms with Crippen LogP contribution in [-0.4, -0.2) is 44.3 Å². The van der Waals surface area contributed by atoms with Gasteiger partial charge in [-0.05, 0) is 74.2 Å². The van der Waals surface area contributed by atoms with Crippen molar-refractivity contribution >= 4 is 27.6 Å². The molecule has 2 aromatic rings. The second-order valence-corrected chi connectivity index (χ2v) is 9.70. The Hall–Kier alpha value is -2.71. The molecule has 0 aliphatic carbocycles. The van der Waals surface area contributed by atoms with Crippen molar-refractivity contribution in [1.29, 1.82) is 0 Å². The van der Waals surface area contributed by atoms with E-state index in [2.05, 4.69) is 5.32 Å².